The molecule has 0 radical (unpaired) electrons. The van der Waals surface area contributed by atoms with Crippen LogP contribution in [0.1, 0.15) is 11.1 Å². The quantitative estimate of drug-likeness (QED) is 0.592. The average Bonchev–Trinajstić information content (AvgIpc) is 3.19. The van der Waals surface area contributed by atoms with Gasteiger partial charge in [0, 0.05) is 12.8 Å². The van der Waals surface area contributed by atoms with Crippen LogP contribution in [0, 0.1) is 11.3 Å². The zero-order chi connectivity index (χ0) is 19.2. The van der Waals surface area contributed by atoms with Gasteiger partial charge in [-0.25, -0.2) is 0 Å². The number of nitrogens with zero attached hydrogens (tertiary/aromatic N) is 6. The number of amides is 1. The van der Waals surface area contributed by atoms with Gasteiger partial charge >= 0.3 is 0 Å². The Hall–Kier alpha value is -3.32. The Balaban J connectivity index is 1.63. The van der Waals surface area contributed by atoms with Crippen molar-refractivity contribution in [3.63, 3.8) is 0 Å². The number of rotatable bonds is 7. The van der Waals surface area contributed by atoms with E-state index in [0.29, 0.717) is 16.5 Å². The summed E-state index contributed by atoms with van der Waals surface area (Å²) in [7, 11) is 1.65. The molecule has 0 spiro atoms. The van der Waals surface area contributed by atoms with Gasteiger partial charge in [-0.2, -0.15) is 10.4 Å². The van der Waals surface area contributed by atoms with E-state index in [1.54, 1.807) is 11.6 Å². The Bertz CT molecular complexity index is 973. The predicted molar refractivity (Wildman–Crippen MR) is 102 cm³/mol. The van der Waals surface area contributed by atoms with E-state index in [-0.39, 0.29) is 18.4 Å². The second-order valence-corrected chi connectivity index (χ2v) is 6.76. The van der Waals surface area contributed by atoms with Crippen LogP contribution in [0.15, 0.2) is 41.7 Å². The first-order valence-corrected chi connectivity index (χ1v) is 9.14. The number of nitrogen functional groups attached to an aromatic ring is 1. The number of benzene rings is 1. The first-order chi connectivity index (χ1) is 13.1. The molecule has 0 aliphatic carbocycles. The molecule has 0 bridgehead atoms. The number of nitriles is 1. The van der Waals surface area contributed by atoms with E-state index >= 15 is 0 Å². The van der Waals surface area contributed by atoms with Crippen molar-refractivity contribution in [2.24, 2.45) is 7.05 Å². The highest BCUT2D eigenvalue weighted by atomic mass is 32.2. The molecule has 0 atom stereocenters. The normalized spacial score (nSPS) is 10.5. The Morgan fingerprint density at radius 1 is 1.33 bits per heavy atom. The van der Waals surface area contributed by atoms with Crippen molar-refractivity contribution >= 4 is 29.4 Å². The van der Waals surface area contributed by atoms with Gasteiger partial charge in [-0.1, -0.05) is 42.1 Å². The summed E-state index contributed by atoms with van der Waals surface area (Å²) in [6, 6.07) is 12.1. The number of nitrogens with two attached hydrogens (primary N) is 1. The van der Waals surface area contributed by atoms with Crippen molar-refractivity contribution in [2.75, 3.05) is 16.8 Å². The maximum atomic E-state index is 12.4. The molecule has 1 aromatic carbocycles. The molecule has 3 rings (SSSR count). The van der Waals surface area contributed by atoms with Gasteiger partial charge in [-0.15, -0.1) is 10.2 Å². The fourth-order valence-electron chi connectivity index (χ4n) is 2.44. The number of carbonyl (C=O) groups excluding carboxylic acids is 1. The predicted octanol–water partition coefficient (Wildman–Crippen LogP) is 1.44. The van der Waals surface area contributed by atoms with E-state index in [0.717, 1.165) is 12.2 Å². The third kappa shape index (κ3) is 4.45. The monoisotopic (exact) mass is 382 g/mol. The number of aromatic nitrogens is 5. The number of nitrogens with one attached hydrogen (secondary N) is 1. The zero-order valence-corrected chi connectivity index (χ0v) is 15.5. The van der Waals surface area contributed by atoms with Crippen molar-refractivity contribution in [1.82, 2.24) is 24.5 Å². The first-order valence-electron chi connectivity index (χ1n) is 8.16. The summed E-state index contributed by atoms with van der Waals surface area (Å²) in [5.41, 5.74) is 7.37. The van der Waals surface area contributed by atoms with Crippen molar-refractivity contribution < 1.29 is 4.79 Å². The summed E-state index contributed by atoms with van der Waals surface area (Å²) in [6.45, 7) is -0.0530. The standard InChI is InChI=1S/C17H18N8OS/c1-24-15(13(9-18)10-20-24)21-14(26)11-25-16(19)22-23-17(25)27-8-7-12-5-3-2-4-6-12/h2-6,10H,7-8,11H2,1H3,(H2,19,22)(H,21,26). The fourth-order valence-corrected chi connectivity index (χ4v) is 3.38. The molecule has 0 aliphatic rings. The van der Waals surface area contributed by atoms with Crippen LogP contribution in [0.4, 0.5) is 11.8 Å². The number of hydrogen-bond donors (Lipinski definition) is 2. The van der Waals surface area contributed by atoms with E-state index in [9.17, 15) is 4.79 Å². The molecule has 2 aromatic heterocycles. The van der Waals surface area contributed by atoms with Gasteiger partial charge in [0.25, 0.3) is 0 Å². The topological polar surface area (TPSA) is 127 Å². The molecule has 1 amide bonds. The highest BCUT2D eigenvalue weighted by Gasteiger charge is 2.16. The number of hydrogen-bond acceptors (Lipinski definition) is 7. The summed E-state index contributed by atoms with van der Waals surface area (Å²) < 4.78 is 2.98. The molecule has 10 heteroatoms. The van der Waals surface area contributed by atoms with E-state index < -0.39 is 0 Å². The van der Waals surface area contributed by atoms with Crippen LogP contribution in [-0.4, -0.2) is 36.2 Å². The van der Waals surface area contributed by atoms with Gasteiger partial charge in [0.15, 0.2) is 5.16 Å². The molecule has 27 heavy (non-hydrogen) atoms. The molecular formula is C17H18N8OS. The minimum atomic E-state index is -0.341. The van der Waals surface area contributed by atoms with Gasteiger partial charge in [-0.05, 0) is 12.0 Å². The third-order valence-corrected chi connectivity index (χ3v) is 4.80. The largest absolute Gasteiger partial charge is 0.368 e. The van der Waals surface area contributed by atoms with Crippen molar-refractivity contribution in [3.8, 4) is 6.07 Å². The lowest BCUT2D eigenvalue weighted by Gasteiger charge is -2.09. The lowest BCUT2D eigenvalue weighted by atomic mass is 10.2. The molecule has 9 nitrogen and oxygen atoms in total. The van der Waals surface area contributed by atoms with Crippen LogP contribution in [0.25, 0.3) is 0 Å². The number of anilines is 2. The van der Waals surface area contributed by atoms with Crippen LogP contribution >= 0.6 is 11.8 Å². The molecule has 0 saturated carbocycles. The second-order valence-electron chi connectivity index (χ2n) is 5.70. The smallest absolute Gasteiger partial charge is 0.245 e. The molecule has 138 valence electrons. The van der Waals surface area contributed by atoms with Crippen LogP contribution in [-0.2, 0) is 24.8 Å². The summed E-state index contributed by atoms with van der Waals surface area (Å²) in [5.74, 6) is 0.946. The number of carbonyl (C=O) groups is 1. The molecule has 0 saturated heterocycles. The Morgan fingerprint density at radius 2 is 2.11 bits per heavy atom. The van der Waals surface area contributed by atoms with E-state index in [2.05, 4.69) is 32.7 Å². The van der Waals surface area contributed by atoms with Gasteiger partial charge in [0.05, 0.1) is 6.20 Å². The van der Waals surface area contributed by atoms with Gasteiger partial charge in [0.2, 0.25) is 11.9 Å². The van der Waals surface area contributed by atoms with Gasteiger partial charge in [-0.3, -0.25) is 14.0 Å². The highest BCUT2D eigenvalue weighted by Crippen LogP contribution is 2.20. The molecular weight excluding hydrogens is 364 g/mol. The van der Waals surface area contributed by atoms with E-state index in [1.165, 1.54) is 28.2 Å². The summed E-state index contributed by atoms with van der Waals surface area (Å²) in [5, 5.41) is 24.2. The van der Waals surface area contributed by atoms with E-state index in [1.807, 2.05) is 24.3 Å². The molecule has 0 unspecified atom stereocenters. The zero-order valence-electron chi connectivity index (χ0n) is 14.7. The Kier molecular flexibility index (Phi) is 5.73. The Labute approximate surface area is 160 Å². The lowest BCUT2D eigenvalue weighted by molar-refractivity contribution is -0.116. The fraction of sp³-hybridized carbons (Fsp3) is 0.235. The van der Waals surface area contributed by atoms with Crippen LogP contribution in [0.2, 0.25) is 0 Å². The summed E-state index contributed by atoms with van der Waals surface area (Å²) in [6.07, 6.45) is 2.26. The van der Waals surface area contributed by atoms with Crippen molar-refractivity contribution in [2.45, 2.75) is 18.1 Å². The van der Waals surface area contributed by atoms with E-state index in [4.69, 9.17) is 11.0 Å². The van der Waals surface area contributed by atoms with Crippen LogP contribution in [0.5, 0.6) is 0 Å². The first kappa shape index (κ1) is 18.5. The third-order valence-electron chi connectivity index (χ3n) is 3.83. The molecule has 3 aromatic rings. The molecule has 2 heterocycles. The summed E-state index contributed by atoms with van der Waals surface area (Å²) >= 11 is 1.48. The molecule has 0 aliphatic heterocycles. The minimum Gasteiger partial charge on any atom is -0.368 e. The molecule has 0 fully saturated rings. The SMILES string of the molecule is Cn1ncc(C#N)c1NC(=O)Cn1c(N)nnc1SCCc1ccccc1. The highest BCUT2D eigenvalue weighted by molar-refractivity contribution is 7.99. The second kappa shape index (κ2) is 8.37. The summed E-state index contributed by atoms with van der Waals surface area (Å²) in [4.78, 5) is 12.4. The number of thioether (sulfide) groups is 1. The maximum absolute atomic E-state index is 12.4. The lowest BCUT2D eigenvalue weighted by Crippen LogP contribution is -2.22. The average molecular weight is 382 g/mol. The van der Waals surface area contributed by atoms with Crippen LogP contribution in [0.3, 0.4) is 0 Å². The number of aryl methyl sites for hydroxylation is 2. The van der Waals surface area contributed by atoms with Gasteiger partial charge in [0.1, 0.15) is 24.0 Å². The minimum absolute atomic E-state index is 0.0530. The molecule has 3 N–H and O–H groups in total. The van der Waals surface area contributed by atoms with Gasteiger partial charge < -0.3 is 11.1 Å². The van der Waals surface area contributed by atoms with Crippen LogP contribution < -0.4 is 11.1 Å². The van der Waals surface area contributed by atoms with Crippen molar-refractivity contribution in [3.05, 3.63) is 47.7 Å². The maximum Gasteiger partial charge on any atom is 0.245 e. The Morgan fingerprint density at radius 3 is 2.85 bits per heavy atom. The van der Waals surface area contributed by atoms with Crippen molar-refractivity contribution in [1.29, 1.82) is 5.26 Å².